The Morgan fingerprint density at radius 3 is 2.17 bits per heavy atom. The van der Waals surface area contributed by atoms with Crippen molar-refractivity contribution < 1.29 is 18.6 Å². The summed E-state index contributed by atoms with van der Waals surface area (Å²) in [6.07, 6.45) is 0. The minimum atomic E-state index is -0.324. The Bertz CT molecular complexity index is 634. The summed E-state index contributed by atoms with van der Waals surface area (Å²) in [4.78, 5) is 0. The van der Waals surface area contributed by atoms with E-state index in [9.17, 15) is 4.39 Å². The molecular weight excluding hydrogens is 321 g/mol. The first-order valence-electron chi connectivity index (χ1n) is 7.03. The molecule has 0 unspecified atom stereocenters. The third kappa shape index (κ3) is 4.06. The monoisotopic (exact) mass is 339 g/mol. The summed E-state index contributed by atoms with van der Waals surface area (Å²) in [6, 6.07) is 8.33. The van der Waals surface area contributed by atoms with E-state index in [2.05, 4.69) is 5.32 Å². The van der Waals surface area contributed by atoms with Crippen molar-refractivity contribution >= 4 is 11.6 Å². The summed E-state index contributed by atoms with van der Waals surface area (Å²) in [7, 11) is 4.68. The van der Waals surface area contributed by atoms with Crippen LogP contribution in [0.2, 0.25) is 5.02 Å². The summed E-state index contributed by atoms with van der Waals surface area (Å²) in [5.74, 6) is 1.37. The molecule has 2 aromatic carbocycles. The molecule has 0 atom stereocenters. The van der Waals surface area contributed by atoms with Crippen molar-refractivity contribution in [1.82, 2.24) is 5.32 Å². The van der Waals surface area contributed by atoms with E-state index in [1.54, 1.807) is 33.5 Å². The minimum Gasteiger partial charge on any atom is -0.493 e. The van der Waals surface area contributed by atoms with Gasteiger partial charge in [-0.3, -0.25) is 0 Å². The van der Waals surface area contributed by atoms with Crippen molar-refractivity contribution in [2.75, 3.05) is 21.3 Å². The van der Waals surface area contributed by atoms with E-state index in [-0.39, 0.29) is 5.82 Å². The molecule has 2 aromatic rings. The summed E-state index contributed by atoms with van der Waals surface area (Å²) in [5.41, 5.74) is 1.37. The number of hydrogen-bond acceptors (Lipinski definition) is 4. The second-order valence-corrected chi connectivity index (χ2v) is 5.24. The topological polar surface area (TPSA) is 39.7 Å². The SMILES string of the molecule is COc1cc(CNCc2c(F)cccc2Cl)cc(OC)c1OC. The Morgan fingerprint density at radius 1 is 1.00 bits per heavy atom. The molecule has 0 amide bonds. The molecule has 0 aliphatic heterocycles. The Balaban J connectivity index is 2.12. The van der Waals surface area contributed by atoms with Gasteiger partial charge in [0.15, 0.2) is 11.5 Å². The second-order valence-electron chi connectivity index (χ2n) is 4.84. The van der Waals surface area contributed by atoms with Gasteiger partial charge in [-0.15, -0.1) is 0 Å². The standard InChI is InChI=1S/C17H19ClFNO3/c1-21-15-7-11(8-16(22-2)17(15)23-3)9-20-10-12-13(18)5-4-6-14(12)19/h4-8,20H,9-10H2,1-3H3. The van der Waals surface area contributed by atoms with Gasteiger partial charge in [0, 0.05) is 23.7 Å². The molecule has 0 spiro atoms. The van der Waals surface area contributed by atoms with Crippen LogP contribution in [0, 0.1) is 5.82 Å². The van der Waals surface area contributed by atoms with Gasteiger partial charge in [-0.1, -0.05) is 17.7 Å². The quantitative estimate of drug-likeness (QED) is 0.833. The van der Waals surface area contributed by atoms with Crippen LogP contribution in [0.4, 0.5) is 4.39 Å². The molecule has 0 saturated carbocycles. The van der Waals surface area contributed by atoms with Crippen LogP contribution < -0.4 is 19.5 Å². The van der Waals surface area contributed by atoms with Gasteiger partial charge in [-0.05, 0) is 29.8 Å². The van der Waals surface area contributed by atoms with Crippen molar-refractivity contribution in [2.24, 2.45) is 0 Å². The van der Waals surface area contributed by atoms with Gasteiger partial charge in [-0.25, -0.2) is 4.39 Å². The van der Waals surface area contributed by atoms with E-state index in [1.807, 2.05) is 12.1 Å². The first-order valence-corrected chi connectivity index (χ1v) is 7.41. The van der Waals surface area contributed by atoms with E-state index in [0.29, 0.717) is 40.9 Å². The maximum atomic E-state index is 13.7. The second kappa shape index (κ2) is 8.04. The van der Waals surface area contributed by atoms with Crippen molar-refractivity contribution in [3.8, 4) is 17.2 Å². The third-order valence-electron chi connectivity index (χ3n) is 3.42. The van der Waals surface area contributed by atoms with E-state index in [4.69, 9.17) is 25.8 Å². The number of benzene rings is 2. The first kappa shape index (κ1) is 17.4. The molecule has 0 fully saturated rings. The largest absolute Gasteiger partial charge is 0.493 e. The Morgan fingerprint density at radius 2 is 1.65 bits per heavy atom. The van der Waals surface area contributed by atoms with Crippen LogP contribution >= 0.6 is 11.6 Å². The lowest BCUT2D eigenvalue weighted by molar-refractivity contribution is 0.323. The molecular formula is C17H19ClFNO3. The Hall–Kier alpha value is -1.98. The van der Waals surface area contributed by atoms with Crippen LogP contribution in [-0.2, 0) is 13.1 Å². The zero-order chi connectivity index (χ0) is 16.8. The molecule has 0 radical (unpaired) electrons. The van der Waals surface area contributed by atoms with Gasteiger partial charge in [0.25, 0.3) is 0 Å². The van der Waals surface area contributed by atoms with E-state index in [0.717, 1.165) is 5.56 Å². The minimum absolute atomic E-state index is 0.322. The molecule has 0 aliphatic carbocycles. The maximum absolute atomic E-state index is 13.7. The molecule has 23 heavy (non-hydrogen) atoms. The van der Waals surface area contributed by atoms with Crippen LogP contribution in [0.3, 0.4) is 0 Å². The van der Waals surface area contributed by atoms with Crippen molar-refractivity contribution in [2.45, 2.75) is 13.1 Å². The lowest BCUT2D eigenvalue weighted by Gasteiger charge is -2.14. The lowest BCUT2D eigenvalue weighted by Crippen LogP contribution is -2.14. The number of methoxy groups -OCH3 is 3. The van der Waals surface area contributed by atoms with Crippen molar-refractivity contribution in [3.05, 3.63) is 52.3 Å². The highest BCUT2D eigenvalue weighted by atomic mass is 35.5. The Labute approximate surface area is 140 Å². The molecule has 0 heterocycles. The van der Waals surface area contributed by atoms with Gasteiger partial charge >= 0.3 is 0 Å². The molecule has 124 valence electrons. The van der Waals surface area contributed by atoms with Crippen LogP contribution in [0.1, 0.15) is 11.1 Å². The fourth-order valence-electron chi connectivity index (χ4n) is 2.27. The predicted molar refractivity (Wildman–Crippen MR) is 88.1 cm³/mol. The highest BCUT2D eigenvalue weighted by Gasteiger charge is 2.13. The number of rotatable bonds is 7. The first-order chi connectivity index (χ1) is 11.1. The van der Waals surface area contributed by atoms with Crippen LogP contribution in [-0.4, -0.2) is 21.3 Å². The van der Waals surface area contributed by atoms with Gasteiger partial charge in [0.05, 0.1) is 21.3 Å². The molecule has 0 bridgehead atoms. The molecule has 0 saturated heterocycles. The van der Waals surface area contributed by atoms with Gasteiger partial charge in [0.1, 0.15) is 5.82 Å². The van der Waals surface area contributed by atoms with Gasteiger partial charge in [-0.2, -0.15) is 0 Å². The summed E-state index contributed by atoms with van der Waals surface area (Å²) >= 11 is 6.01. The zero-order valence-electron chi connectivity index (χ0n) is 13.3. The average Bonchev–Trinajstić information content (AvgIpc) is 2.56. The summed E-state index contributed by atoms with van der Waals surface area (Å²) < 4.78 is 29.6. The van der Waals surface area contributed by atoms with Gasteiger partial charge < -0.3 is 19.5 Å². The highest BCUT2D eigenvalue weighted by Crippen LogP contribution is 2.38. The van der Waals surface area contributed by atoms with E-state index >= 15 is 0 Å². The van der Waals surface area contributed by atoms with Crippen LogP contribution in [0.15, 0.2) is 30.3 Å². The number of ether oxygens (including phenoxy) is 3. The summed E-state index contributed by atoms with van der Waals surface area (Å²) in [6.45, 7) is 0.823. The molecule has 0 aromatic heterocycles. The zero-order valence-corrected chi connectivity index (χ0v) is 14.0. The van der Waals surface area contributed by atoms with E-state index < -0.39 is 0 Å². The van der Waals surface area contributed by atoms with Crippen molar-refractivity contribution in [1.29, 1.82) is 0 Å². The molecule has 2 rings (SSSR count). The maximum Gasteiger partial charge on any atom is 0.203 e. The molecule has 1 N–H and O–H groups in total. The van der Waals surface area contributed by atoms with E-state index in [1.165, 1.54) is 6.07 Å². The van der Waals surface area contributed by atoms with Crippen LogP contribution in [0.5, 0.6) is 17.2 Å². The van der Waals surface area contributed by atoms with Gasteiger partial charge in [0.2, 0.25) is 5.75 Å². The Kier molecular flexibility index (Phi) is 6.07. The smallest absolute Gasteiger partial charge is 0.203 e. The third-order valence-corrected chi connectivity index (χ3v) is 3.77. The molecule has 4 nitrogen and oxygen atoms in total. The number of hydrogen-bond donors (Lipinski definition) is 1. The van der Waals surface area contributed by atoms with Crippen LogP contribution in [0.25, 0.3) is 0 Å². The highest BCUT2D eigenvalue weighted by molar-refractivity contribution is 6.31. The normalized spacial score (nSPS) is 10.5. The summed E-state index contributed by atoms with van der Waals surface area (Å²) in [5, 5.41) is 3.57. The fraction of sp³-hybridized carbons (Fsp3) is 0.294. The lowest BCUT2D eigenvalue weighted by atomic mass is 10.1. The fourth-order valence-corrected chi connectivity index (χ4v) is 2.50. The molecule has 0 aliphatic rings. The predicted octanol–water partition coefficient (Wildman–Crippen LogP) is 3.79. The molecule has 6 heteroatoms. The number of halogens is 2. The van der Waals surface area contributed by atoms with Crippen molar-refractivity contribution in [3.63, 3.8) is 0 Å². The average molecular weight is 340 g/mol. The number of nitrogens with one attached hydrogen (secondary N) is 1.